The number of halogens is 1. The Labute approximate surface area is 187 Å². The smallest absolute Gasteiger partial charge is 0.261 e. The van der Waals surface area contributed by atoms with Crippen molar-refractivity contribution in [3.63, 3.8) is 0 Å². The first-order valence-electron chi connectivity index (χ1n) is 9.05. The summed E-state index contributed by atoms with van der Waals surface area (Å²) < 4.78 is 0. The van der Waals surface area contributed by atoms with E-state index in [0.29, 0.717) is 12.5 Å². The second kappa shape index (κ2) is 14.0. The Hall–Kier alpha value is -1.13. The van der Waals surface area contributed by atoms with Crippen molar-refractivity contribution in [2.75, 3.05) is 26.2 Å². The van der Waals surface area contributed by atoms with Crippen molar-refractivity contribution in [3.8, 4) is 0 Å². The number of aliphatic imine (C=N–C) groups is 1. The molecule has 27 heavy (non-hydrogen) atoms. The van der Waals surface area contributed by atoms with Gasteiger partial charge in [-0.3, -0.25) is 9.79 Å². The number of carbonyl (C=O) groups excluding carboxylic acids is 1. The number of rotatable bonds is 10. The largest absolute Gasteiger partial charge is 0.357 e. The summed E-state index contributed by atoms with van der Waals surface area (Å²) >= 11 is 3.26. The van der Waals surface area contributed by atoms with Crippen LogP contribution in [0, 0.1) is 5.92 Å². The molecule has 0 aliphatic rings. The van der Waals surface area contributed by atoms with E-state index in [9.17, 15) is 4.79 Å². The van der Waals surface area contributed by atoms with Crippen LogP contribution in [-0.2, 0) is 6.42 Å². The van der Waals surface area contributed by atoms with Crippen LogP contribution in [0.3, 0.4) is 0 Å². The van der Waals surface area contributed by atoms with Crippen LogP contribution in [0.5, 0.6) is 0 Å². The van der Waals surface area contributed by atoms with Crippen LogP contribution in [-0.4, -0.2) is 38.0 Å². The zero-order chi connectivity index (χ0) is 18.6. The quantitative estimate of drug-likeness (QED) is 0.192. The first-order valence-corrected chi connectivity index (χ1v) is 10.8. The molecule has 0 aliphatic carbocycles. The Bertz CT molecular complexity index is 659. The third-order valence-electron chi connectivity index (χ3n) is 3.71. The molecule has 0 fully saturated rings. The van der Waals surface area contributed by atoms with Gasteiger partial charge in [-0.2, -0.15) is 0 Å². The summed E-state index contributed by atoms with van der Waals surface area (Å²) in [6.07, 6.45) is 1.92. The molecule has 8 heteroatoms. The monoisotopic (exact) mass is 520 g/mol. The topological polar surface area (TPSA) is 65.5 Å². The van der Waals surface area contributed by atoms with Gasteiger partial charge >= 0.3 is 0 Å². The van der Waals surface area contributed by atoms with Gasteiger partial charge in [-0.05, 0) is 48.6 Å². The normalized spacial score (nSPS) is 12.1. The number of guanidine groups is 1. The SMILES string of the molecule is CCNC(=NCC(C)Cc1cccs1)NCCCNC(=O)c1cccs1.I. The number of hydrogen-bond acceptors (Lipinski definition) is 4. The average Bonchev–Trinajstić information content (AvgIpc) is 3.32. The predicted molar refractivity (Wildman–Crippen MR) is 128 cm³/mol. The van der Waals surface area contributed by atoms with E-state index in [1.54, 1.807) is 11.3 Å². The average molecular weight is 521 g/mol. The highest BCUT2D eigenvalue weighted by molar-refractivity contribution is 14.0. The molecule has 1 atom stereocenters. The van der Waals surface area contributed by atoms with Crippen LogP contribution in [0.4, 0.5) is 0 Å². The molecule has 1 unspecified atom stereocenters. The number of carbonyl (C=O) groups is 1. The molecular formula is C19H29IN4OS2. The fraction of sp³-hybridized carbons (Fsp3) is 0.474. The summed E-state index contributed by atoms with van der Waals surface area (Å²) in [5.74, 6) is 1.35. The van der Waals surface area contributed by atoms with Gasteiger partial charge in [0, 0.05) is 31.1 Å². The summed E-state index contributed by atoms with van der Waals surface area (Å²) in [7, 11) is 0. The standard InChI is InChI=1S/C19H28N4OS2.HI/c1-3-20-19(23-14-15(2)13-16-7-4-11-25-16)22-10-6-9-21-18(24)17-8-5-12-26-17;/h4-5,7-8,11-12,15H,3,6,9-10,13-14H2,1-2H3,(H,21,24)(H2,20,22,23);1H. The molecule has 0 aromatic carbocycles. The molecule has 1 amide bonds. The minimum absolute atomic E-state index is 0. The van der Waals surface area contributed by atoms with Crippen molar-refractivity contribution in [3.05, 3.63) is 44.8 Å². The number of hydrogen-bond donors (Lipinski definition) is 3. The highest BCUT2D eigenvalue weighted by Crippen LogP contribution is 2.14. The van der Waals surface area contributed by atoms with E-state index in [2.05, 4.69) is 52.3 Å². The van der Waals surface area contributed by atoms with Crippen molar-refractivity contribution in [1.82, 2.24) is 16.0 Å². The Balaban J connectivity index is 0.00000364. The second-order valence-corrected chi connectivity index (χ2v) is 8.10. The maximum atomic E-state index is 11.9. The second-order valence-electron chi connectivity index (χ2n) is 6.12. The van der Waals surface area contributed by atoms with Crippen LogP contribution in [0.2, 0.25) is 0 Å². The van der Waals surface area contributed by atoms with Gasteiger partial charge < -0.3 is 16.0 Å². The van der Waals surface area contributed by atoms with E-state index in [0.717, 1.165) is 43.3 Å². The van der Waals surface area contributed by atoms with E-state index in [4.69, 9.17) is 0 Å². The van der Waals surface area contributed by atoms with Crippen molar-refractivity contribution < 1.29 is 4.79 Å². The first-order chi connectivity index (χ1) is 12.7. The maximum absolute atomic E-state index is 11.9. The summed E-state index contributed by atoms with van der Waals surface area (Å²) in [5, 5.41) is 13.6. The van der Waals surface area contributed by atoms with Gasteiger partial charge in [0.1, 0.15) is 0 Å². The van der Waals surface area contributed by atoms with Gasteiger partial charge in [-0.1, -0.05) is 19.1 Å². The molecule has 2 aromatic heterocycles. The molecule has 2 aromatic rings. The molecule has 0 spiro atoms. The number of nitrogens with zero attached hydrogens (tertiary/aromatic N) is 1. The van der Waals surface area contributed by atoms with E-state index >= 15 is 0 Å². The fourth-order valence-corrected chi connectivity index (χ4v) is 3.93. The summed E-state index contributed by atoms with van der Waals surface area (Å²) in [6.45, 7) is 7.34. The molecule has 150 valence electrons. The molecule has 2 heterocycles. The minimum Gasteiger partial charge on any atom is -0.357 e. The summed E-state index contributed by atoms with van der Waals surface area (Å²) in [4.78, 5) is 18.7. The zero-order valence-electron chi connectivity index (χ0n) is 15.9. The Kier molecular flexibility index (Phi) is 12.4. The van der Waals surface area contributed by atoms with Gasteiger partial charge in [-0.15, -0.1) is 46.7 Å². The number of thiophene rings is 2. The van der Waals surface area contributed by atoms with Crippen LogP contribution < -0.4 is 16.0 Å². The molecule has 0 saturated heterocycles. The van der Waals surface area contributed by atoms with Crippen LogP contribution in [0.15, 0.2) is 40.0 Å². The van der Waals surface area contributed by atoms with Gasteiger partial charge in [0.25, 0.3) is 5.91 Å². The van der Waals surface area contributed by atoms with E-state index in [1.165, 1.54) is 16.2 Å². The van der Waals surface area contributed by atoms with Crippen LogP contribution in [0.25, 0.3) is 0 Å². The van der Waals surface area contributed by atoms with Gasteiger partial charge in [0.15, 0.2) is 5.96 Å². The Morgan fingerprint density at radius 2 is 1.85 bits per heavy atom. The molecular weight excluding hydrogens is 491 g/mol. The van der Waals surface area contributed by atoms with E-state index in [-0.39, 0.29) is 29.9 Å². The van der Waals surface area contributed by atoms with Gasteiger partial charge in [0.05, 0.1) is 4.88 Å². The summed E-state index contributed by atoms with van der Waals surface area (Å²) in [6, 6.07) is 8.00. The maximum Gasteiger partial charge on any atom is 0.261 e. The third kappa shape index (κ3) is 9.57. The molecule has 0 radical (unpaired) electrons. The van der Waals surface area contributed by atoms with Crippen molar-refractivity contribution in [2.45, 2.75) is 26.7 Å². The highest BCUT2D eigenvalue weighted by atomic mass is 127. The predicted octanol–water partition coefficient (Wildman–Crippen LogP) is 3.98. The summed E-state index contributed by atoms with van der Waals surface area (Å²) in [5.41, 5.74) is 0. The number of nitrogens with one attached hydrogen (secondary N) is 3. The fourth-order valence-electron chi connectivity index (χ4n) is 2.42. The highest BCUT2D eigenvalue weighted by Gasteiger charge is 2.06. The van der Waals surface area contributed by atoms with Crippen LogP contribution >= 0.6 is 46.7 Å². The minimum atomic E-state index is 0. The van der Waals surface area contributed by atoms with Crippen molar-refractivity contribution in [2.24, 2.45) is 10.9 Å². The lowest BCUT2D eigenvalue weighted by molar-refractivity contribution is 0.0957. The zero-order valence-corrected chi connectivity index (χ0v) is 19.8. The van der Waals surface area contributed by atoms with E-state index in [1.807, 2.05) is 17.5 Å². The molecule has 5 nitrogen and oxygen atoms in total. The molecule has 2 rings (SSSR count). The third-order valence-corrected chi connectivity index (χ3v) is 5.48. The number of amides is 1. The lowest BCUT2D eigenvalue weighted by Gasteiger charge is -2.13. The molecule has 0 aliphatic heterocycles. The van der Waals surface area contributed by atoms with Crippen molar-refractivity contribution in [1.29, 1.82) is 0 Å². The Morgan fingerprint density at radius 1 is 1.11 bits per heavy atom. The van der Waals surface area contributed by atoms with E-state index < -0.39 is 0 Å². The van der Waals surface area contributed by atoms with Gasteiger partial charge in [0.2, 0.25) is 0 Å². The lowest BCUT2D eigenvalue weighted by atomic mass is 10.1. The lowest BCUT2D eigenvalue weighted by Crippen LogP contribution is -2.39. The van der Waals surface area contributed by atoms with Crippen molar-refractivity contribution >= 4 is 58.5 Å². The molecule has 0 saturated carbocycles. The van der Waals surface area contributed by atoms with Crippen LogP contribution in [0.1, 0.15) is 34.8 Å². The van der Waals surface area contributed by atoms with Gasteiger partial charge in [-0.25, -0.2) is 0 Å². The Morgan fingerprint density at radius 3 is 2.52 bits per heavy atom. The molecule has 0 bridgehead atoms. The molecule has 3 N–H and O–H groups in total. The first kappa shape index (κ1) is 23.9.